The third-order valence-electron chi connectivity index (χ3n) is 2.89. The van der Waals surface area contributed by atoms with E-state index >= 15 is 0 Å². The highest BCUT2D eigenvalue weighted by Crippen LogP contribution is 2.15. The van der Waals surface area contributed by atoms with Crippen LogP contribution in [0.15, 0.2) is 24.3 Å². The van der Waals surface area contributed by atoms with Gasteiger partial charge in [0.25, 0.3) is 0 Å². The maximum atomic E-state index is 12.0. The van der Waals surface area contributed by atoms with Crippen molar-refractivity contribution in [2.45, 2.75) is 39.2 Å². The normalized spacial score (nSPS) is 12.2. The Bertz CT molecular complexity index is 359. The lowest BCUT2D eigenvalue weighted by molar-refractivity contribution is -0.118. The number of anilines is 1. The third-order valence-corrected chi connectivity index (χ3v) is 2.89. The van der Waals surface area contributed by atoms with Crippen molar-refractivity contribution < 1.29 is 4.79 Å². The summed E-state index contributed by atoms with van der Waals surface area (Å²) in [7, 11) is 1.80. The molecule has 0 saturated heterocycles. The molecule has 1 amide bonds. The van der Waals surface area contributed by atoms with Crippen LogP contribution >= 0.6 is 0 Å². The van der Waals surface area contributed by atoms with Gasteiger partial charge < -0.3 is 10.6 Å². The molecule has 1 aromatic carbocycles. The summed E-state index contributed by atoms with van der Waals surface area (Å²) in [6.45, 7) is 4.11. The summed E-state index contributed by atoms with van der Waals surface area (Å²) >= 11 is 0. The first-order valence-electron chi connectivity index (χ1n) is 6.13. The number of rotatable bonds is 5. The number of hydrogen-bond acceptors (Lipinski definition) is 2. The first-order chi connectivity index (χ1) is 8.04. The Morgan fingerprint density at radius 3 is 2.47 bits per heavy atom. The van der Waals surface area contributed by atoms with Crippen molar-refractivity contribution in [2.75, 3.05) is 11.9 Å². The zero-order valence-electron chi connectivity index (χ0n) is 10.9. The molecule has 17 heavy (non-hydrogen) atoms. The molecular weight excluding hydrogens is 212 g/mol. The van der Waals surface area contributed by atoms with Crippen LogP contribution in [0.1, 0.15) is 31.7 Å². The zero-order chi connectivity index (χ0) is 12.8. The van der Waals surface area contributed by atoms with Gasteiger partial charge >= 0.3 is 0 Å². The molecule has 1 atom stereocenters. The van der Waals surface area contributed by atoms with Gasteiger partial charge in [0, 0.05) is 25.2 Å². The molecule has 2 N–H and O–H groups in total. The number of benzene rings is 1. The minimum Gasteiger partial charge on any atom is -0.327 e. The minimum absolute atomic E-state index is 0.0274. The largest absolute Gasteiger partial charge is 0.327 e. The van der Waals surface area contributed by atoms with E-state index in [1.165, 1.54) is 5.56 Å². The summed E-state index contributed by atoms with van der Waals surface area (Å²) in [5, 5.41) is 0. The Balaban J connectivity index is 2.60. The van der Waals surface area contributed by atoms with Gasteiger partial charge in [-0.1, -0.05) is 31.0 Å². The van der Waals surface area contributed by atoms with E-state index in [2.05, 4.69) is 6.92 Å². The van der Waals surface area contributed by atoms with Crippen LogP contribution in [0, 0.1) is 6.92 Å². The minimum atomic E-state index is -0.0274. The highest BCUT2D eigenvalue weighted by atomic mass is 16.2. The lowest BCUT2D eigenvalue weighted by Crippen LogP contribution is -2.33. The number of hydrogen-bond donors (Lipinski definition) is 1. The van der Waals surface area contributed by atoms with Crippen LogP contribution in [0.25, 0.3) is 0 Å². The Kier molecular flexibility index (Phi) is 5.16. The summed E-state index contributed by atoms with van der Waals surface area (Å²) < 4.78 is 0. The van der Waals surface area contributed by atoms with Gasteiger partial charge in [0.2, 0.25) is 5.91 Å². The van der Waals surface area contributed by atoms with Crippen molar-refractivity contribution in [3.8, 4) is 0 Å². The van der Waals surface area contributed by atoms with Crippen molar-refractivity contribution >= 4 is 11.6 Å². The Labute approximate surface area is 104 Å². The van der Waals surface area contributed by atoms with E-state index < -0.39 is 0 Å². The fourth-order valence-corrected chi connectivity index (χ4v) is 1.75. The second kappa shape index (κ2) is 6.40. The van der Waals surface area contributed by atoms with Gasteiger partial charge in [0.1, 0.15) is 0 Å². The third kappa shape index (κ3) is 4.19. The summed E-state index contributed by atoms with van der Waals surface area (Å²) in [5.41, 5.74) is 7.99. The predicted molar refractivity (Wildman–Crippen MR) is 72.1 cm³/mol. The molecule has 0 aliphatic heterocycles. The van der Waals surface area contributed by atoms with E-state index in [0.717, 1.165) is 18.5 Å². The maximum absolute atomic E-state index is 12.0. The molecule has 94 valence electrons. The van der Waals surface area contributed by atoms with E-state index in [4.69, 9.17) is 5.73 Å². The molecule has 0 aliphatic rings. The van der Waals surface area contributed by atoms with Crippen LogP contribution < -0.4 is 10.6 Å². The van der Waals surface area contributed by atoms with E-state index in [1.54, 1.807) is 11.9 Å². The molecule has 1 rings (SSSR count). The molecule has 0 fully saturated rings. The van der Waals surface area contributed by atoms with Crippen LogP contribution in [0.5, 0.6) is 0 Å². The molecule has 0 saturated carbocycles. The zero-order valence-corrected chi connectivity index (χ0v) is 10.9. The van der Waals surface area contributed by atoms with Crippen LogP contribution in [0.3, 0.4) is 0 Å². The van der Waals surface area contributed by atoms with Crippen molar-refractivity contribution in [1.82, 2.24) is 0 Å². The van der Waals surface area contributed by atoms with Crippen LogP contribution in [-0.4, -0.2) is 19.0 Å². The molecule has 0 aromatic heterocycles. The highest BCUT2D eigenvalue weighted by molar-refractivity contribution is 5.93. The molecule has 0 spiro atoms. The second-order valence-electron chi connectivity index (χ2n) is 4.54. The molecular formula is C14H22N2O. The van der Waals surface area contributed by atoms with Crippen LogP contribution in [-0.2, 0) is 4.79 Å². The van der Waals surface area contributed by atoms with Gasteiger partial charge in [-0.05, 0) is 25.5 Å². The predicted octanol–water partition coefficient (Wildman–Crippen LogP) is 2.48. The lowest BCUT2D eigenvalue weighted by atomic mass is 10.1. The lowest BCUT2D eigenvalue weighted by Gasteiger charge is -2.19. The summed E-state index contributed by atoms with van der Waals surface area (Å²) in [4.78, 5) is 13.6. The van der Waals surface area contributed by atoms with Crippen molar-refractivity contribution in [3.63, 3.8) is 0 Å². The van der Waals surface area contributed by atoms with E-state index in [0.29, 0.717) is 6.42 Å². The van der Waals surface area contributed by atoms with E-state index in [9.17, 15) is 4.79 Å². The smallest absolute Gasteiger partial charge is 0.228 e. The summed E-state index contributed by atoms with van der Waals surface area (Å²) in [6, 6.07) is 7.90. The van der Waals surface area contributed by atoms with Gasteiger partial charge in [-0.3, -0.25) is 4.79 Å². The quantitative estimate of drug-likeness (QED) is 0.850. The van der Waals surface area contributed by atoms with Gasteiger partial charge in [0.05, 0.1) is 0 Å². The van der Waals surface area contributed by atoms with Gasteiger partial charge in [-0.15, -0.1) is 0 Å². The molecule has 0 bridgehead atoms. The van der Waals surface area contributed by atoms with Crippen molar-refractivity contribution in [3.05, 3.63) is 29.8 Å². The number of carbonyl (C=O) groups is 1. The van der Waals surface area contributed by atoms with E-state index in [1.807, 2.05) is 31.2 Å². The number of nitrogens with two attached hydrogens (primary N) is 1. The molecule has 0 radical (unpaired) electrons. The molecule has 3 heteroatoms. The fourth-order valence-electron chi connectivity index (χ4n) is 1.75. The standard InChI is InChI=1S/C14H22N2O/c1-4-5-12(15)10-14(17)16(3)13-8-6-11(2)7-9-13/h6-9,12H,4-5,10,15H2,1-3H3. The summed E-state index contributed by atoms with van der Waals surface area (Å²) in [5.74, 6) is 0.0785. The second-order valence-corrected chi connectivity index (χ2v) is 4.54. The topological polar surface area (TPSA) is 46.3 Å². The molecule has 3 nitrogen and oxygen atoms in total. The summed E-state index contributed by atoms with van der Waals surface area (Å²) in [6.07, 6.45) is 2.33. The monoisotopic (exact) mass is 234 g/mol. The number of amides is 1. The van der Waals surface area contributed by atoms with Crippen molar-refractivity contribution in [2.24, 2.45) is 5.73 Å². The number of aryl methyl sites for hydroxylation is 1. The van der Waals surface area contributed by atoms with Gasteiger partial charge in [-0.25, -0.2) is 0 Å². The van der Waals surface area contributed by atoms with Crippen LogP contribution in [0.2, 0.25) is 0 Å². The Morgan fingerprint density at radius 2 is 1.94 bits per heavy atom. The Hall–Kier alpha value is -1.35. The average molecular weight is 234 g/mol. The number of carbonyl (C=O) groups excluding carboxylic acids is 1. The highest BCUT2D eigenvalue weighted by Gasteiger charge is 2.14. The van der Waals surface area contributed by atoms with Crippen molar-refractivity contribution in [1.29, 1.82) is 0 Å². The SMILES string of the molecule is CCCC(N)CC(=O)N(C)c1ccc(C)cc1. The number of nitrogens with zero attached hydrogens (tertiary/aromatic N) is 1. The Morgan fingerprint density at radius 1 is 1.35 bits per heavy atom. The molecule has 1 unspecified atom stereocenters. The maximum Gasteiger partial charge on any atom is 0.228 e. The molecule has 1 aromatic rings. The first kappa shape index (κ1) is 13.7. The molecule has 0 aliphatic carbocycles. The van der Waals surface area contributed by atoms with E-state index in [-0.39, 0.29) is 11.9 Å². The van der Waals surface area contributed by atoms with Gasteiger partial charge in [0.15, 0.2) is 0 Å². The van der Waals surface area contributed by atoms with Gasteiger partial charge in [-0.2, -0.15) is 0 Å². The molecule has 0 heterocycles. The average Bonchev–Trinajstić information content (AvgIpc) is 2.29. The fraction of sp³-hybridized carbons (Fsp3) is 0.500. The first-order valence-corrected chi connectivity index (χ1v) is 6.13. The van der Waals surface area contributed by atoms with Crippen LogP contribution in [0.4, 0.5) is 5.69 Å².